The summed E-state index contributed by atoms with van der Waals surface area (Å²) in [6, 6.07) is 5.39. The average Bonchev–Trinajstić information content (AvgIpc) is 2.83. The van der Waals surface area contributed by atoms with Crippen molar-refractivity contribution in [1.29, 1.82) is 0 Å². The van der Waals surface area contributed by atoms with Gasteiger partial charge in [-0.05, 0) is 46.4 Å². The van der Waals surface area contributed by atoms with Gasteiger partial charge in [0.25, 0.3) is 0 Å². The molecule has 1 aromatic heterocycles. The first-order valence-electron chi connectivity index (χ1n) is 7.21. The highest BCUT2D eigenvalue weighted by molar-refractivity contribution is 6.33. The number of nitrogen functional groups attached to an aromatic ring is 1. The molecule has 0 aliphatic carbocycles. The van der Waals surface area contributed by atoms with Crippen molar-refractivity contribution in [2.24, 2.45) is 17.8 Å². The molecular weight excluding hydrogens is 286 g/mol. The van der Waals surface area contributed by atoms with Crippen LogP contribution in [0, 0.1) is 17.8 Å². The summed E-state index contributed by atoms with van der Waals surface area (Å²) in [5.41, 5.74) is 7.17. The highest BCUT2D eigenvalue weighted by Crippen LogP contribution is 2.29. The second kappa shape index (κ2) is 6.43. The largest absolute Gasteiger partial charge is 0.399 e. The van der Waals surface area contributed by atoms with E-state index in [2.05, 4.69) is 43.2 Å². The number of hydrogen-bond acceptors (Lipinski definition) is 4. The van der Waals surface area contributed by atoms with Crippen LogP contribution in [0.1, 0.15) is 27.7 Å². The zero-order valence-corrected chi connectivity index (χ0v) is 13.7. The van der Waals surface area contributed by atoms with Crippen LogP contribution in [0.25, 0.3) is 11.4 Å². The van der Waals surface area contributed by atoms with Crippen molar-refractivity contribution in [3.63, 3.8) is 0 Å². The van der Waals surface area contributed by atoms with E-state index in [9.17, 15) is 0 Å². The highest BCUT2D eigenvalue weighted by atomic mass is 35.5. The fraction of sp³-hybridized carbons (Fsp3) is 0.533. The van der Waals surface area contributed by atoms with E-state index in [0.717, 1.165) is 12.1 Å². The molecule has 6 heteroatoms. The van der Waals surface area contributed by atoms with Crippen LogP contribution in [-0.2, 0) is 6.54 Å². The predicted molar refractivity (Wildman–Crippen MR) is 85.8 cm³/mol. The van der Waals surface area contributed by atoms with Crippen molar-refractivity contribution in [2.45, 2.75) is 34.2 Å². The lowest BCUT2D eigenvalue weighted by Gasteiger charge is -2.24. The van der Waals surface area contributed by atoms with Crippen molar-refractivity contribution in [2.75, 3.05) is 5.73 Å². The summed E-state index contributed by atoms with van der Waals surface area (Å²) in [6.45, 7) is 9.68. The molecule has 1 aromatic carbocycles. The third-order valence-electron chi connectivity index (χ3n) is 3.86. The molecule has 0 saturated carbocycles. The Morgan fingerprint density at radius 3 is 2.43 bits per heavy atom. The number of hydrogen-bond donors (Lipinski definition) is 1. The van der Waals surface area contributed by atoms with Crippen molar-refractivity contribution in [3.8, 4) is 11.4 Å². The minimum Gasteiger partial charge on any atom is -0.399 e. The first kappa shape index (κ1) is 15.8. The van der Waals surface area contributed by atoms with E-state index >= 15 is 0 Å². The van der Waals surface area contributed by atoms with E-state index in [4.69, 9.17) is 17.3 Å². The lowest BCUT2D eigenvalue weighted by Crippen LogP contribution is -2.23. The summed E-state index contributed by atoms with van der Waals surface area (Å²) in [7, 11) is 0. The van der Waals surface area contributed by atoms with Gasteiger partial charge in [0.2, 0.25) is 0 Å². The number of nitrogens with two attached hydrogens (primary N) is 1. The maximum absolute atomic E-state index is 6.27. The van der Waals surface area contributed by atoms with Crippen molar-refractivity contribution in [1.82, 2.24) is 20.2 Å². The molecule has 2 aromatic rings. The number of benzene rings is 1. The van der Waals surface area contributed by atoms with Crippen LogP contribution in [0.3, 0.4) is 0 Å². The molecule has 0 radical (unpaired) electrons. The Kier molecular flexibility index (Phi) is 4.83. The summed E-state index contributed by atoms with van der Waals surface area (Å²) in [6.07, 6.45) is 0. The van der Waals surface area contributed by atoms with Crippen molar-refractivity contribution < 1.29 is 0 Å². The molecule has 0 bridgehead atoms. The van der Waals surface area contributed by atoms with Gasteiger partial charge in [-0.15, -0.1) is 5.10 Å². The normalized spacial score (nSPS) is 11.8. The maximum atomic E-state index is 6.27. The van der Waals surface area contributed by atoms with E-state index in [0.29, 0.717) is 34.3 Å². The molecule has 0 aliphatic heterocycles. The molecule has 2 N–H and O–H groups in total. The molecule has 0 unspecified atom stereocenters. The van der Waals surface area contributed by atoms with Crippen LogP contribution < -0.4 is 5.73 Å². The third-order valence-corrected chi connectivity index (χ3v) is 4.18. The zero-order valence-electron chi connectivity index (χ0n) is 12.9. The van der Waals surface area contributed by atoms with Gasteiger partial charge in [0.05, 0.1) is 5.02 Å². The fourth-order valence-corrected chi connectivity index (χ4v) is 2.90. The van der Waals surface area contributed by atoms with Crippen LogP contribution in [0.15, 0.2) is 18.2 Å². The molecule has 5 nitrogen and oxygen atoms in total. The summed E-state index contributed by atoms with van der Waals surface area (Å²) in [5, 5.41) is 12.6. The molecule has 0 saturated heterocycles. The standard InChI is InChI=1S/C15H22ClN5/c1-9(2)13(10(3)4)8-21-15(18-19-20-21)12-6-5-11(17)7-14(12)16/h5-7,9-10,13H,8,17H2,1-4H3. The lowest BCUT2D eigenvalue weighted by molar-refractivity contribution is 0.242. The van der Waals surface area contributed by atoms with Crippen LogP contribution in [0.5, 0.6) is 0 Å². The van der Waals surface area contributed by atoms with Gasteiger partial charge in [-0.25, -0.2) is 4.68 Å². The third kappa shape index (κ3) is 3.53. The first-order chi connectivity index (χ1) is 9.90. The molecule has 114 valence electrons. The smallest absolute Gasteiger partial charge is 0.183 e. The Bertz CT molecular complexity index is 598. The van der Waals surface area contributed by atoms with Gasteiger partial charge in [0.1, 0.15) is 0 Å². The van der Waals surface area contributed by atoms with Gasteiger partial charge in [-0.3, -0.25) is 0 Å². The monoisotopic (exact) mass is 307 g/mol. The number of halogens is 1. The van der Waals surface area contributed by atoms with Crippen molar-refractivity contribution >= 4 is 17.3 Å². The maximum Gasteiger partial charge on any atom is 0.183 e. The fourth-order valence-electron chi connectivity index (χ4n) is 2.62. The van der Waals surface area contributed by atoms with E-state index in [-0.39, 0.29) is 0 Å². The minimum atomic E-state index is 0.500. The number of rotatable bonds is 5. The lowest BCUT2D eigenvalue weighted by atomic mass is 9.85. The molecule has 0 fully saturated rings. The quantitative estimate of drug-likeness (QED) is 0.858. The summed E-state index contributed by atoms with van der Waals surface area (Å²) in [4.78, 5) is 0. The van der Waals surface area contributed by atoms with Crippen LogP contribution in [0.2, 0.25) is 5.02 Å². The Balaban J connectivity index is 2.34. The number of nitrogens with zero attached hydrogens (tertiary/aromatic N) is 4. The van der Waals surface area contributed by atoms with Gasteiger partial charge in [0, 0.05) is 17.8 Å². The molecular formula is C15H22ClN5. The zero-order chi connectivity index (χ0) is 15.6. The van der Waals surface area contributed by atoms with Gasteiger partial charge in [0.15, 0.2) is 5.82 Å². The van der Waals surface area contributed by atoms with E-state index in [1.54, 1.807) is 6.07 Å². The Morgan fingerprint density at radius 1 is 1.19 bits per heavy atom. The van der Waals surface area contributed by atoms with Gasteiger partial charge < -0.3 is 5.73 Å². The molecule has 2 rings (SSSR count). The molecule has 0 spiro atoms. The molecule has 0 aliphatic rings. The van der Waals surface area contributed by atoms with Crippen LogP contribution in [0.4, 0.5) is 5.69 Å². The van der Waals surface area contributed by atoms with E-state index in [1.165, 1.54) is 0 Å². The summed E-state index contributed by atoms with van der Waals surface area (Å²) < 4.78 is 1.84. The molecule has 0 atom stereocenters. The van der Waals surface area contributed by atoms with Gasteiger partial charge in [-0.1, -0.05) is 39.3 Å². The molecule has 1 heterocycles. The van der Waals surface area contributed by atoms with Gasteiger partial charge in [-0.2, -0.15) is 0 Å². The number of tetrazole rings is 1. The summed E-state index contributed by atoms with van der Waals surface area (Å²) in [5.74, 6) is 2.30. The second-order valence-corrected chi connectivity index (χ2v) is 6.48. The van der Waals surface area contributed by atoms with Crippen LogP contribution in [-0.4, -0.2) is 20.2 Å². The Morgan fingerprint density at radius 2 is 1.86 bits per heavy atom. The van der Waals surface area contributed by atoms with E-state index in [1.807, 2.05) is 16.8 Å². The second-order valence-electron chi connectivity index (χ2n) is 6.08. The Labute approximate surface area is 130 Å². The number of anilines is 1. The number of aromatic nitrogens is 4. The first-order valence-corrected chi connectivity index (χ1v) is 7.59. The summed E-state index contributed by atoms with van der Waals surface area (Å²) >= 11 is 6.27. The minimum absolute atomic E-state index is 0.500. The van der Waals surface area contributed by atoms with E-state index < -0.39 is 0 Å². The van der Waals surface area contributed by atoms with Gasteiger partial charge >= 0.3 is 0 Å². The Hall–Kier alpha value is -1.62. The SMILES string of the molecule is CC(C)C(Cn1nnnc1-c1ccc(N)cc1Cl)C(C)C. The average molecular weight is 308 g/mol. The van der Waals surface area contributed by atoms with Crippen molar-refractivity contribution in [3.05, 3.63) is 23.2 Å². The predicted octanol–water partition coefficient (Wildman–Crippen LogP) is 3.50. The molecule has 0 amide bonds. The highest BCUT2D eigenvalue weighted by Gasteiger charge is 2.21. The van der Waals surface area contributed by atoms with Crippen LogP contribution >= 0.6 is 11.6 Å². The topological polar surface area (TPSA) is 69.6 Å². The molecule has 21 heavy (non-hydrogen) atoms.